The lowest BCUT2D eigenvalue weighted by atomic mass is 10.2. The summed E-state index contributed by atoms with van der Waals surface area (Å²) >= 11 is 1.31. The van der Waals surface area contributed by atoms with Crippen LogP contribution in [-0.4, -0.2) is 37.1 Å². The van der Waals surface area contributed by atoms with E-state index in [4.69, 9.17) is 5.11 Å². The molecule has 1 aromatic heterocycles. The average molecular weight is 294 g/mol. The van der Waals surface area contributed by atoms with E-state index in [1.807, 2.05) is 6.92 Å². The number of hydrogen-bond acceptors (Lipinski definition) is 4. The van der Waals surface area contributed by atoms with Gasteiger partial charge in [0.15, 0.2) is 0 Å². The first kappa shape index (κ1) is 16.2. The molecule has 0 unspecified atom stereocenters. The van der Waals surface area contributed by atoms with E-state index < -0.39 is 0 Å². The molecule has 1 aromatic rings. The van der Waals surface area contributed by atoms with Crippen LogP contribution in [0.5, 0.6) is 0 Å². The molecule has 108 valence electrons. The molecule has 6 heteroatoms. The maximum Gasteiger partial charge on any atom is 0.261 e. The third kappa shape index (κ3) is 5.03. The van der Waals surface area contributed by atoms with Crippen molar-refractivity contribution in [3.8, 4) is 11.8 Å². The first-order valence-electron chi connectivity index (χ1n) is 6.27. The SMILES string of the molecule is CNC(=O)CCNC(=O)c1cc(C)c(C#CCCO)s1. The second-order valence-electron chi connectivity index (χ2n) is 4.08. The number of nitrogens with one attached hydrogen (secondary N) is 2. The van der Waals surface area contributed by atoms with Crippen molar-refractivity contribution in [3.63, 3.8) is 0 Å². The third-order valence-electron chi connectivity index (χ3n) is 2.50. The first-order valence-corrected chi connectivity index (χ1v) is 7.09. The number of thiophene rings is 1. The van der Waals surface area contributed by atoms with Gasteiger partial charge in [-0.15, -0.1) is 11.3 Å². The number of rotatable bonds is 5. The minimum Gasteiger partial charge on any atom is -0.395 e. The Bertz CT molecular complexity index is 540. The number of aryl methyl sites for hydroxylation is 1. The van der Waals surface area contributed by atoms with Crippen LogP contribution in [0.2, 0.25) is 0 Å². The molecule has 5 nitrogen and oxygen atoms in total. The second kappa shape index (κ2) is 8.35. The molecule has 0 aliphatic heterocycles. The van der Waals surface area contributed by atoms with Crippen molar-refractivity contribution < 1.29 is 14.7 Å². The van der Waals surface area contributed by atoms with Crippen molar-refractivity contribution in [2.24, 2.45) is 0 Å². The van der Waals surface area contributed by atoms with Crippen LogP contribution < -0.4 is 10.6 Å². The summed E-state index contributed by atoms with van der Waals surface area (Å²) in [6.45, 7) is 2.23. The highest BCUT2D eigenvalue weighted by Gasteiger charge is 2.11. The molecule has 0 saturated heterocycles. The van der Waals surface area contributed by atoms with Gasteiger partial charge in [-0.1, -0.05) is 11.8 Å². The molecule has 2 amide bonds. The van der Waals surface area contributed by atoms with Crippen LogP contribution in [0.3, 0.4) is 0 Å². The zero-order chi connectivity index (χ0) is 15.0. The average Bonchev–Trinajstić information content (AvgIpc) is 2.80. The number of hydrogen-bond donors (Lipinski definition) is 3. The van der Waals surface area contributed by atoms with Crippen LogP contribution in [-0.2, 0) is 4.79 Å². The Balaban J connectivity index is 2.59. The van der Waals surface area contributed by atoms with Gasteiger partial charge < -0.3 is 15.7 Å². The highest BCUT2D eigenvalue weighted by atomic mass is 32.1. The molecule has 1 heterocycles. The minimum atomic E-state index is -0.197. The minimum absolute atomic E-state index is 0.0320. The van der Waals surface area contributed by atoms with E-state index in [0.29, 0.717) is 17.8 Å². The number of aliphatic hydroxyl groups excluding tert-OH is 1. The van der Waals surface area contributed by atoms with Gasteiger partial charge in [0.25, 0.3) is 5.91 Å². The highest BCUT2D eigenvalue weighted by Crippen LogP contribution is 2.20. The zero-order valence-electron chi connectivity index (χ0n) is 11.6. The molecule has 0 aliphatic rings. The maximum atomic E-state index is 11.9. The summed E-state index contributed by atoms with van der Waals surface area (Å²) in [6, 6.07) is 1.78. The lowest BCUT2D eigenvalue weighted by Gasteiger charge is -2.02. The molecule has 0 spiro atoms. The van der Waals surface area contributed by atoms with E-state index in [9.17, 15) is 9.59 Å². The molecular weight excluding hydrogens is 276 g/mol. The molecule has 0 aliphatic carbocycles. The van der Waals surface area contributed by atoms with Crippen molar-refractivity contribution in [2.75, 3.05) is 20.2 Å². The molecule has 20 heavy (non-hydrogen) atoms. The topological polar surface area (TPSA) is 78.4 Å². The van der Waals surface area contributed by atoms with E-state index in [-0.39, 0.29) is 24.8 Å². The molecule has 0 saturated carbocycles. The van der Waals surface area contributed by atoms with E-state index >= 15 is 0 Å². The summed E-state index contributed by atoms with van der Waals surface area (Å²) in [7, 11) is 1.56. The van der Waals surface area contributed by atoms with Crippen molar-refractivity contribution >= 4 is 23.2 Å². The standard InChI is InChI=1S/C14H18N2O3S/c1-10-9-12(20-11(10)5-3-4-8-17)14(19)16-7-6-13(18)15-2/h9,17H,4,6-8H2,1-2H3,(H,15,18)(H,16,19). The number of carbonyl (C=O) groups excluding carboxylic acids is 2. The summed E-state index contributed by atoms with van der Waals surface area (Å²) in [6.07, 6.45) is 0.681. The third-order valence-corrected chi connectivity index (χ3v) is 3.65. The highest BCUT2D eigenvalue weighted by molar-refractivity contribution is 7.14. The molecule has 0 atom stereocenters. The second-order valence-corrected chi connectivity index (χ2v) is 5.13. The van der Waals surface area contributed by atoms with Crippen molar-refractivity contribution in [1.82, 2.24) is 10.6 Å². The Morgan fingerprint density at radius 3 is 2.85 bits per heavy atom. The van der Waals surface area contributed by atoms with Gasteiger partial charge in [0, 0.05) is 26.4 Å². The monoisotopic (exact) mass is 294 g/mol. The van der Waals surface area contributed by atoms with E-state index in [1.165, 1.54) is 11.3 Å². The van der Waals surface area contributed by atoms with E-state index in [2.05, 4.69) is 22.5 Å². The summed E-state index contributed by atoms with van der Waals surface area (Å²) < 4.78 is 0. The van der Waals surface area contributed by atoms with Crippen molar-refractivity contribution in [3.05, 3.63) is 21.4 Å². The van der Waals surface area contributed by atoms with Gasteiger partial charge in [0.2, 0.25) is 5.91 Å². The predicted octanol–water partition coefficient (Wildman–Crippen LogP) is 0.656. The Hall–Kier alpha value is -1.84. The van der Waals surface area contributed by atoms with Crippen LogP contribution in [0.15, 0.2) is 6.07 Å². The first-order chi connectivity index (χ1) is 9.58. The smallest absolute Gasteiger partial charge is 0.261 e. The number of amides is 2. The summed E-state index contributed by atoms with van der Waals surface area (Å²) in [4.78, 5) is 24.3. The zero-order valence-corrected chi connectivity index (χ0v) is 12.4. The van der Waals surface area contributed by atoms with Gasteiger partial charge in [-0.25, -0.2) is 0 Å². The van der Waals surface area contributed by atoms with Gasteiger partial charge in [0.05, 0.1) is 16.4 Å². The Morgan fingerprint density at radius 1 is 1.45 bits per heavy atom. The van der Waals surface area contributed by atoms with E-state index in [1.54, 1.807) is 13.1 Å². The Labute approximate surface area is 122 Å². The number of aliphatic hydroxyl groups is 1. The predicted molar refractivity (Wildman–Crippen MR) is 78.7 cm³/mol. The fraction of sp³-hybridized carbons (Fsp3) is 0.429. The molecule has 0 fully saturated rings. The van der Waals surface area contributed by atoms with Crippen LogP contribution in [0.4, 0.5) is 0 Å². The molecular formula is C14H18N2O3S. The fourth-order valence-corrected chi connectivity index (χ4v) is 2.38. The van der Waals surface area contributed by atoms with E-state index in [0.717, 1.165) is 10.4 Å². The molecule has 0 radical (unpaired) electrons. The van der Waals surface area contributed by atoms with Gasteiger partial charge in [-0.05, 0) is 18.6 Å². The Morgan fingerprint density at radius 2 is 2.20 bits per heavy atom. The van der Waals surface area contributed by atoms with Gasteiger partial charge in [0.1, 0.15) is 0 Å². The molecule has 0 aromatic carbocycles. The van der Waals surface area contributed by atoms with Crippen LogP contribution in [0.25, 0.3) is 0 Å². The normalized spacial score (nSPS) is 9.55. The molecule has 3 N–H and O–H groups in total. The lowest BCUT2D eigenvalue weighted by molar-refractivity contribution is -0.120. The van der Waals surface area contributed by atoms with Crippen LogP contribution >= 0.6 is 11.3 Å². The summed E-state index contributed by atoms with van der Waals surface area (Å²) in [5.74, 6) is 5.47. The van der Waals surface area contributed by atoms with Gasteiger partial charge in [-0.2, -0.15) is 0 Å². The van der Waals surface area contributed by atoms with Gasteiger partial charge in [-0.3, -0.25) is 9.59 Å². The maximum absolute atomic E-state index is 11.9. The quantitative estimate of drug-likeness (QED) is 0.698. The van der Waals surface area contributed by atoms with Crippen molar-refractivity contribution in [1.29, 1.82) is 0 Å². The van der Waals surface area contributed by atoms with Crippen molar-refractivity contribution in [2.45, 2.75) is 19.8 Å². The summed E-state index contributed by atoms with van der Waals surface area (Å²) in [5, 5.41) is 13.9. The van der Waals surface area contributed by atoms with Gasteiger partial charge >= 0.3 is 0 Å². The van der Waals surface area contributed by atoms with Crippen LogP contribution in [0, 0.1) is 18.8 Å². The lowest BCUT2D eigenvalue weighted by Crippen LogP contribution is -2.28. The Kier molecular flexibility index (Phi) is 6.77. The van der Waals surface area contributed by atoms with Crippen LogP contribution in [0.1, 0.15) is 33.0 Å². The number of carbonyl (C=O) groups is 2. The largest absolute Gasteiger partial charge is 0.395 e. The fourth-order valence-electron chi connectivity index (χ4n) is 1.42. The summed E-state index contributed by atoms with van der Waals surface area (Å²) in [5.41, 5.74) is 0.942. The molecule has 0 bridgehead atoms. The molecule has 1 rings (SSSR count).